The number of methoxy groups -OCH3 is 1. The third-order valence-corrected chi connectivity index (χ3v) is 4.83. The van der Waals surface area contributed by atoms with E-state index in [1.807, 2.05) is 29.2 Å². The first-order valence-corrected chi connectivity index (χ1v) is 9.14. The highest BCUT2D eigenvalue weighted by atomic mass is 16.5. The van der Waals surface area contributed by atoms with E-state index in [2.05, 4.69) is 22.2 Å². The quantitative estimate of drug-likeness (QED) is 0.864. The van der Waals surface area contributed by atoms with Crippen LogP contribution >= 0.6 is 0 Å². The Morgan fingerprint density at radius 3 is 2.46 bits per heavy atom. The fourth-order valence-electron chi connectivity index (χ4n) is 3.03. The number of hydrogen-bond acceptors (Lipinski definition) is 5. The molecule has 3 rings (SSSR count). The van der Waals surface area contributed by atoms with Gasteiger partial charge in [-0.1, -0.05) is 19.1 Å². The molecule has 1 N–H and O–H groups in total. The minimum absolute atomic E-state index is 0.0293. The van der Waals surface area contributed by atoms with Crippen LogP contribution in [0.1, 0.15) is 35.7 Å². The van der Waals surface area contributed by atoms with Crippen molar-refractivity contribution in [1.82, 2.24) is 14.9 Å². The summed E-state index contributed by atoms with van der Waals surface area (Å²) in [4.78, 5) is 22.9. The molecule has 0 spiro atoms. The first-order chi connectivity index (χ1) is 12.7. The number of nitrogens with zero attached hydrogens (tertiary/aromatic N) is 3. The van der Waals surface area contributed by atoms with E-state index in [0.29, 0.717) is 17.4 Å². The molecule has 0 saturated carbocycles. The lowest BCUT2D eigenvalue weighted by Crippen LogP contribution is -2.38. The van der Waals surface area contributed by atoms with E-state index in [-0.39, 0.29) is 5.91 Å². The van der Waals surface area contributed by atoms with E-state index in [1.165, 1.54) is 5.56 Å². The number of rotatable bonds is 6. The molecule has 1 fully saturated rings. The molecule has 0 radical (unpaired) electrons. The summed E-state index contributed by atoms with van der Waals surface area (Å²) in [6.45, 7) is 4.60. The third kappa shape index (κ3) is 4.71. The molecule has 0 unspecified atom stereocenters. The smallest absolute Gasteiger partial charge is 0.256 e. The van der Waals surface area contributed by atoms with Crippen LogP contribution in [0.4, 0.5) is 5.95 Å². The van der Waals surface area contributed by atoms with Crippen molar-refractivity contribution in [1.29, 1.82) is 0 Å². The minimum atomic E-state index is 0.0293. The summed E-state index contributed by atoms with van der Waals surface area (Å²) in [6, 6.07) is 7.99. The number of carbonyl (C=O) groups is 1. The molecule has 1 aromatic carbocycles. The maximum Gasteiger partial charge on any atom is 0.256 e. The van der Waals surface area contributed by atoms with Crippen molar-refractivity contribution < 1.29 is 9.53 Å². The molecule has 1 aromatic heterocycles. The van der Waals surface area contributed by atoms with E-state index in [9.17, 15) is 4.79 Å². The lowest BCUT2D eigenvalue weighted by molar-refractivity contribution is 0.0696. The Bertz CT molecular complexity index is 708. The zero-order chi connectivity index (χ0) is 18.4. The minimum Gasteiger partial charge on any atom is -0.497 e. The lowest BCUT2D eigenvalue weighted by atomic mass is 9.99. The molecule has 0 bridgehead atoms. The van der Waals surface area contributed by atoms with Gasteiger partial charge in [0.1, 0.15) is 5.75 Å². The molecule has 0 atom stereocenters. The van der Waals surface area contributed by atoms with Crippen molar-refractivity contribution in [3.8, 4) is 5.75 Å². The molecule has 2 heterocycles. The van der Waals surface area contributed by atoms with Crippen molar-refractivity contribution >= 4 is 11.9 Å². The average molecular weight is 354 g/mol. The predicted molar refractivity (Wildman–Crippen MR) is 102 cm³/mol. The Kier molecular flexibility index (Phi) is 6.04. The van der Waals surface area contributed by atoms with E-state index in [0.717, 1.165) is 44.6 Å². The first kappa shape index (κ1) is 18.2. The van der Waals surface area contributed by atoms with Gasteiger partial charge >= 0.3 is 0 Å². The fraction of sp³-hybridized carbons (Fsp3) is 0.450. The van der Waals surface area contributed by atoms with Crippen LogP contribution in [-0.4, -0.2) is 47.5 Å². The largest absolute Gasteiger partial charge is 0.497 e. The average Bonchev–Trinajstić information content (AvgIpc) is 2.69. The summed E-state index contributed by atoms with van der Waals surface area (Å²) in [7, 11) is 1.66. The number of hydrogen-bond donors (Lipinski definition) is 1. The molecule has 6 heteroatoms. The number of piperidine rings is 1. The van der Waals surface area contributed by atoms with Crippen LogP contribution in [0, 0.1) is 5.92 Å². The molecule has 26 heavy (non-hydrogen) atoms. The van der Waals surface area contributed by atoms with Crippen LogP contribution in [0.3, 0.4) is 0 Å². The van der Waals surface area contributed by atoms with Crippen molar-refractivity contribution in [3.05, 3.63) is 47.8 Å². The predicted octanol–water partition coefficient (Wildman–Crippen LogP) is 3.01. The van der Waals surface area contributed by atoms with Crippen molar-refractivity contribution in [2.45, 2.75) is 26.2 Å². The Hall–Kier alpha value is -2.63. The molecule has 1 amide bonds. The van der Waals surface area contributed by atoms with Gasteiger partial charge in [-0.3, -0.25) is 4.79 Å². The topological polar surface area (TPSA) is 67.3 Å². The molecule has 138 valence electrons. The SMILES string of the molecule is COc1ccc(CCNc2ncc(C(=O)N3CCC(C)CC3)cn2)cc1. The molecule has 1 aliphatic rings. The van der Waals surface area contributed by atoms with Gasteiger partial charge in [0.25, 0.3) is 5.91 Å². The Morgan fingerprint density at radius 2 is 1.85 bits per heavy atom. The number of likely N-dealkylation sites (tertiary alicyclic amines) is 1. The van der Waals surface area contributed by atoms with Crippen molar-refractivity contribution in [3.63, 3.8) is 0 Å². The van der Waals surface area contributed by atoms with Gasteiger partial charge in [-0.15, -0.1) is 0 Å². The zero-order valence-corrected chi connectivity index (χ0v) is 15.4. The van der Waals surface area contributed by atoms with Gasteiger partial charge in [-0.05, 0) is 42.9 Å². The number of aromatic nitrogens is 2. The summed E-state index contributed by atoms with van der Waals surface area (Å²) in [5.74, 6) is 2.13. The van der Waals surface area contributed by atoms with Gasteiger partial charge in [0, 0.05) is 32.0 Å². The van der Waals surface area contributed by atoms with Crippen LogP contribution in [0.5, 0.6) is 5.75 Å². The summed E-state index contributed by atoms with van der Waals surface area (Å²) >= 11 is 0. The number of benzene rings is 1. The summed E-state index contributed by atoms with van der Waals surface area (Å²) in [5, 5.41) is 3.19. The van der Waals surface area contributed by atoms with Crippen molar-refractivity contribution in [2.75, 3.05) is 32.1 Å². The molecule has 2 aromatic rings. The van der Waals surface area contributed by atoms with Gasteiger partial charge in [0.05, 0.1) is 12.7 Å². The molecule has 1 saturated heterocycles. The van der Waals surface area contributed by atoms with E-state index >= 15 is 0 Å². The summed E-state index contributed by atoms with van der Waals surface area (Å²) < 4.78 is 5.16. The van der Waals surface area contributed by atoms with Crippen LogP contribution in [0.25, 0.3) is 0 Å². The highest BCUT2D eigenvalue weighted by molar-refractivity contribution is 5.93. The number of nitrogens with one attached hydrogen (secondary N) is 1. The second-order valence-electron chi connectivity index (χ2n) is 6.79. The molecule has 0 aliphatic carbocycles. The molecule has 1 aliphatic heterocycles. The monoisotopic (exact) mass is 354 g/mol. The molecular weight excluding hydrogens is 328 g/mol. The fourth-order valence-corrected chi connectivity index (χ4v) is 3.03. The van der Waals surface area contributed by atoms with Crippen LogP contribution in [0.15, 0.2) is 36.7 Å². The zero-order valence-electron chi connectivity index (χ0n) is 15.4. The maximum absolute atomic E-state index is 12.5. The van der Waals surface area contributed by atoms with Crippen molar-refractivity contribution in [2.24, 2.45) is 5.92 Å². The van der Waals surface area contributed by atoms with Gasteiger partial charge in [0.15, 0.2) is 0 Å². The normalized spacial score (nSPS) is 14.9. The maximum atomic E-state index is 12.5. The van der Waals surface area contributed by atoms with E-state index in [4.69, 9.17) is 4.74 Å². The summed E-state index contributed by atoms with van der Waals surface area (Å²) in [6.07, 6.45) is 6.22. The van der Waals surface area contributed by atoms with Gasteiger partial charge in [-0.2, -0.15) is 0 Å². The lowest BCUT2D eigenvalue weighted by Gasteiger charge is -2.30. The first-order valence-electron chi connectivity index (χ1n) is 9.14. The molecular formula is C20H26N4O2. The standard InChI is InChI=1S/C20H26N4O2/c1-15-8-11-24(12-9-15)19(25)17-13-22-20(23-14-17)21-10-7-16-3-5-18(26-2)6-4-16/h3-6,13-15H,7-12H2,1-2H3,(H,21,22,23). The number of anilines is 1. The third-order valence-electron chi connectivity index (χ3n) is 4.83. The number of amides is 1. The molecule has 6 nitrogen and oxygen atoms in total. The second kappa shape index (κ2) is 8.65. The highest BCUT2D eigenvalue weighted by Gasteiger charge is 2.21. The Labute approximate surface area is 154 Å². The second-order valence-corrected chi connectivity index (χ2v) is 6.79. The van der Waals surface area contributed by atoms with Gasteiger partial charge in [0.2, 0.25) is 5.95 Å². The highest BCUT2D eigenvalue weighted by Crippen LogP contribution is 2.18. The van der Waals surface area contributed by atoms with E-state index < -0.39 is 0 Å². The van der Waals surface area contributed by atoms with Crippen LogP contribution < -0.4 is 10.1 Å². The van der Waals surface area contributed by atoms with E-state index in [1.54, 1.807) is 19.5 Å². The van der Waals surface area contributed by atoms with Crippen LogP contribution in [0.2, 0.25) is 0 Å². The van der Waals surface area contributed by atoms with Gasteiger partial charge in [-0.25, -0.2) is 9.97 Å². The Balaban J connectivity index is 1.48. The van der Waals surface area contributed by atoms with Crippen LogP contribution in [-0.2, 0) is 6.42 Å². The number of ether oxygens (including phenoxy) is 1. The Morgan fingerprint density at radius 1 is 1.19 bits per heavy atom. The summed E-state index contributed by atoms with van der Waals surface area (Å²) in [5.41, 5.74) is 1.77. The van der Waals surface area contributed by atoms with Gasteiger partial charge < -0.3 is 15.0 Å². The number of carbonyl (C=O) groups excluding carboxylic acids is 1.